The number of hydrogen-bond donors (Lipinski definition) is 1. The predicted molar refractivity (Wildman–Crippen MR) is 73.8 cm³/mol. The molecular formula is C15H22O4. The fraction of sp³-hybridized carbons (Fsp3) is 0.533. The average molecular weight is 266 g/mol. The number of ether oxygens (including phenoxy) is 2. The van der Waals surface area contributed by atoms with Gasteiger partial charge in [-0.1, -0.05) is 32.3 Å². The maximum atomic E-state index is 10.9. The summed E-state index contributed by atoms with van der Waals surface area (Å²) in [4.78, 5) is 10.9. The van der Waals surface area contributed by atoms with E-state index in [1.807, 2.05) is 0 Å². The van der Waals surface area contributed by atoms with Crippen LogP contribution in [0, 0.1) is 0 Å². The Labute approximate surface area is 114 Å². The predicted octanol–water partition coefficient (Wildman–Crippen LogP) is 3.49. The van der Waals surface area contributed by atoms with Crippen molar-refractivity contribution in [2.45, 2.75) is 39.2 Å². The zero-order valence-corrected chi connectivity index (χ0v) is 11.6. The van der Waals surface area contributed by atoms with Crippen LogP contribution < -0.4 is 4.74 Å². The number of aromatic carboxylic acids is 1. The molecule has 1 aromatic carbocycles. The molecule has 0 radical (unpaired) electrons. The van der Waals surface area contributed by atoms with Crippen molar-refractivity contribution < 1.29 is 19.4 Å². The molecule has 4 nitrogen and oxygen atoms in total. The topological polar surface area (TPSA) is 55.8 Å². The SMILES string of the molecule is CCCCCCOCc1ccc(C(=O)O)c(OC)c1. The second-order valence-electron chi connectivity index (χ2n) is 4.45. The van der Waals surface area contributed by atoms with Crippen molar-refractivity contribution >= 4 is 5.97 Å². The second-order valence-corrected chi connectivity index (χ2v) is 4.45. The highest BCUT2D eigenvalue weighted by Gasteiger charge is 2.10. The van der Waals surface area contributed by atoms with E-state index in [1.165, 1.54) is 26.4 Å². The van der Waals surface area contributed by atoms with Crippen LogP contribution in [0.3, 0.4) is 0 Å². The Bertz CT molecular complexity index is 401. The fourth-order valence-electron chi connectivity index (χ4n) is 1.82. The normalized spacial score (nSPS) is 10.4. The molecule has 0 saturated carbocycles. The van der Waals surface area contributed by atoms with E-state index in [0.717, 1.165) is 18.6 Å². The van der Waals surface area contributed by atoms with Crippen LogP contribution in [-0.2, 0) is 11.3 Å². The Balaban J connectivity index is 2.44. The molecule has 1 N–H and O–H groups in total. The van der Waals surface area contributed by atoms with E-state index in [-0.39, 0.29) is 5.56 Å². The van der Waals surface area contributed by atoms with Gasteiger partial charge in [0.25, 0.3) is 0 Å². The molecule has 0 aliphatic carbocycles. The minimum absolute atomic E-state index is 0.175. The highest BCUT2D eigenvalue weighted by atomic mass is 16.5. The minimum atomic E-state index is -0.983. The van der Waals surface area contributed by atoms with Crippen molar-refractivity contribution in [1.29, 1.82) is 0 Å². The molecule has 0 spiro atoms. The summed E-state index contributed by atoms with van der Waals surface area (Å²) in [6.45, 7) is 3.41. The van der Waals surface area contributed by atoms with Gasteiger partial charge in [0, 0.05) is 6.61 Å². The van der Waals surface area contributed by atoms with Gasteiger partial charge in [-0.15, -0.1) is 0 Å². The van der Waals surface area contributed by atoms with E-state index in [4.69, 9.17) is 14.6 Å². The number of hydrogen-bond acceptors (Lipinski definition) is 3. The summed E-state index contributed by atoms with van der Waals surface area (Å²) in [6.07, 6.45) is 4.72. The van der Waals surface area contributed by atoms with Gasteiger partial charge in [0.1, 0.15) is 11.3 Å². The lowest BCUT2D eigenvalue weighted by Gasteiger charge is -2.08. The zero-order valence-electron chi connectivity index (χ0n) is 11.6. The molecular weight excluding hydrogens is 244 g/mol. The molecule has 0 heterocycles. The van der Waals surface area contributed by atoms with Crippen molar-refractivity contribution in [3.05, 3.63) is 29.3 Å². The lowest BCUT2D eigenvalue weighted by atomic mass is 10.1. The van der Waals surface area contributed by atoms with Crippen molar-refractivity contribution in [1.82, 2.24) is 0 Å². The summed E-state index contributed by atoms with van der Waals surface area (Å²) >= 11 is 0. The maximum Gasteiger partial charge on any atom is 0.339 e. The number of methoxy groups -OCH3 is 1. The molecule has 0 fully saturated rings. The van der Waals surface area contributed by atoms with Gasteiger partial charge in [-0.05, 0) is 24.1 Å². The second kappa shape index (κ2) is 8.53. The van der Waals surface area contributed by atoms with Crippen LogP contribution in [0.4, 0.5) is 0 Å². The van der Waals surface area contributed by atoms with Crippen LogP contribution in [0.15, 0.2) is 18.2 Å². The lowest BCUT2D eigenvalue weighted by Crippen LogP contribution is -2.02. The number of carboxylic acids is 1. The summed E-state index contributed by atoms with van der Waals surface area (Å²) in [5, 5.41) is 8.97. The maximum absolute atomic E-state index is 10.9. The molecule has 19 heavy (non-hydrogen) atoms. The summed E-state index contributed by atoms with van der Waals surface area (Å²) in [7, 11) is 1.47. The van der Waals surface area contributed by atoms with Crippen LogP contribution in [0.2, 0.25) is 0 Å². The Morgan fingerprint density at radius 3 is 2.68 bits per heavy atom. The molecule has 0 amide bonds. The quantitative estimate of drug-likeness (QED) is 0.695. The van der Waals surface area contributed by atoms with Crippen LogP contribution in [-0.4, -0.2) is 24.8 Å². The largest absolute Gasteiger partial charge is 0.496 e. The number of carboxylic acid groups (broad SMARTS) is 1. The van der Waals surface area contributed by atoms with E-state index in [1.54, 1.807) is 18.2 Å². The molecule has 0 atom stereocenters. The van der Waals surface area contributed by atoms with Gasteiger partial charge in [-0.3, -0.25) is 0 Å². The standard InChI is InChI=1S/C15H22O4/c1-3-4-5-6-9-19-11-12-7-8-13(15(16)17)14(10-12)18-2/h7-8,10H,3-6,9,11H2,1-2H3,(H,16,17). The first-order valence-corrected chi connectivity index (χ1v) is 6.67. The minimum Gasteiger partial charge on any atom is -0.496 e. The Kier molecular flexibility index (Phi) is 6.97. The summed E-state index contributed by atoms with van der Waals surface area (Å²) < 4.78 is 10.6. The van der Waals surface area contributed by atoms with E-state index >= 15 is 0 Å². The Morgan fingerprint density at radius 1 is 1.26 bits per heavy atom. The lowest BCUT2D eigenvalue weighted by molar-refractivity contribution is 0.0693. The molecule has 4 heteroatoms. The third-order valence-corrected chi connectivity index (χ3v) is 2.91. The first-order valence-electron chi connectivity index (χ1n) is 6.67. The number of carbonyl (C=O) groups is 1. The highest BCUT2D eigenvalue weighted by molar-refractivity contribution is 5.90. The third-order valence-electron chi connectivity index (χ3n) is 2.91. The molecule has 106 valence electrons. The van der Waals surface area contributed by atoms with Crippen LogP contribution in [0.5, 0.6) is 5.75 Å². The van der Waals surface area contributed by atoms with Crippen molar-refractivity contribution in [2.24, 2.45) is 0 Å². The van der Waals surface area contributed by atoms with Gasteiger partial charge in [0.15, 0.2) is 0 Å². The van der Waals surface area contributed by atoms with Crippen molar-refractivity contribution in [3.8, 4) is 5.75 Å². The molecule has 0 saturated heterocycles. The summed E-state index contributed by atoms with van der Waals surface area (Å²) in [5.74, 6) is -0.608. The zero-order chi connectivity index (χ0) is 14.1. The van der Waals surface area contributed by atoms with Crippen LogP contribution in [0.25, 0.3) is 0 Å². The van der Waals surface area contributed by atoms with Gasteiger partial charge in [0.05, 0.1) is 13.7 Å². The third kappa shape index (κ3) is 5.30. The first kappa shape index (κ1) is 15.5. The molecule has 0 aromatic heterocycles. The average Bonchev–Trinajstić information content (AvgIpc) is 2.42. The van der Waals surface area contributed by atoms with E-state index in [0.29, 0.717) is 12.4 Å². The smallest absolute Gasteiger partial charge is 0.339 e. The van der Waals surface area contributed by atoms with Gasteiger partial charge < -0.3 is 14.6 Å². The van der Waals surface area contributed by atoms with Crippen molar-refractivity contribution in [3.63, 3.8) is 0 Å². The Morgan fingerprint density at radius 2 is 2.05 bits per heavy atom. The van der Waals surface area contributed by atoms with Crippen molar-refractivity contribution in [2.75, 3.05) is 13.7 Å². The van der Waals surface area contributed by atoms with Gasteiger partial charge in [0.2, 0.25) is 0 Å². The van der Waals surface area contributed by atoms with Crippen LogP contribution in [0.1, 0.15) is 48.5 Å². The molecule has 0 bridgehead atoms. The molecule has 1 aromatic rings. The summed E-state index contributed by atoms with van der Waals surface area (Å²) in [6, 6.07) is 5.03. The monoisotopic (exact) mass is 266 g/mol. The summed E-state index contributed by atoms with van der Waals surface area (Å²) in [5.41, 5.74) is 1.10. The highest BCUT2D eigenvalue weighted by Crippen LogP contribution is 2.20. The molecule has 0 aliphatic heterocycles. The number of unbranched alkanes of at least 4 members (excludes halogenated alkanes) is 3. The van der Waals surface area contributed by atoms with E-state index < -0.39 is 5.97 Å². The number of rotatable bonds is 9. The Hall–Kier alpha value is -1.55. The molecule has 1 rings (SSSR count). The van der Waals surface area contributed by atoms with Gasteiger partial charge in [-0.25, -0.2) is 4.79 Å². The fourth-order valence-corrected chi connectivity index (χ4v) is 1.82. The van der Waals surface area contributed by atoms with E-state index in [9.17, 15) is 4.79 Å². The van der Waals surface area contributed by atoms with Crippen LogP contribution >= 0.6 is 0 Å². The molecule has 0 aliphatic rings. The van der Waals surface area contributed by atoms with Gasteiger partial charge >= 0.3 is 5.97 Å². The first-order chi connectivity index (χ1) is 9.19. The molecule has 0 unspecified atom stereocenters. The van der Waals surface area contributed by atoms with E-state index in [2.05, 4.69) is 6.92 Å². The number of benzene rings is 1. The van der Waals surface area contributed by atoms with Gasteiger partial charge in [-0.2, -0.15) is 0 Å².